The molecule has 4 heteroatoms. The van der Waals surface area contributed by atoms with Gasteiger partial charge in [0.15, 0.2) is 0 Å². The van der Waals surface area contributed by atoms with E-state index in [1.54, 1.807) is 24.3 Å². The van der Waals surface area contributed by atoms with Gasteiger partial charge in [-0.3, -0.25) is 4.79 Å². The van der Waals surface area contributed by atoms with Gasteiger partial charge in [-0.15, -0.1) is 0 Å². The molecule has 0 heterocycles. The van der Waals surface area contributed by atoms with Gasteiger partial charge in [-0.05, 0) is 24.3 Å². The number of benzene rings is 1. The number of amides is 1. The summed E-state index contributed by atoms with van der Waals surface area (Å²) in [5.41, 5.74) is 1.13. The van der Waals surface area contributed by atoms with Crippen LogP contribution in [-0.2, 0) is 0 Å². The number of halogens is 1. The Morgan fingerprint density at radius 3 is 2.60 bits per heavy atom. The molecule has 3 nitrogen and oxygen atoms in total. The molecule has 0 fully saturated rings. The van der Waals surface area contributed by atoms with E-state index in [0.29, 0.717) is 17.7 Å². The minimum atomic E-state index is -0.120. The van der Waals surface area contributed by atoms with E-state index >= 15 is 0 Å². The minimum Gasteiger partial charge on any atom is -0.351 e. The number of nitriles is 1. The summed E-state index contributed by atoms with van der Waals surface area (Å²) < 4.78 is 0. The maximum absolute atomic E-state index is 11.5. The molecule has 0 aromatic heterocycles. The number of hydrogen-bond donors (Lipinski definition) is 1. The van der Waals surface area contributed by atoms with Gasteiger partial charge in [0.2, 0.25) is 0 Å². The number of nitrogens with zero attached hydrogens (tertiary/aromatic N) is 1. The molecule has 0 aliphatic rings. The van der Waals surface area contributed by atoms with Crippen LogP contribution < -0.4 is 5.32 Å². The molecule has 0 aliphatic carbocycles. The zero-order chi connectivity index (χ0) is 11.3. The molecule has 1 aromatic rings. The van der Waals surface area contributed by atoms with E-state index in [9.17, 15) is 4.79 Å². The van der Waals surface area contributed by atoms with Gasteiger partial charge in [0.05, 0.1) is 11.6 Å². The first-order valence-electron chi connectivity index (χ1n) is 4.56. The lowest BCUT2D eigenvalue weighted by Gasteiger charge is -2.06. The smallest absolute Gasteiger partial charge is 0.251 e. The van der Waals surface area contributed by atoms with Gasteiger partial charge in [0.1, 0.15) is 0 Å². The Morgan fingerprint density at radius 1 is 1.53 bits per heavy atom. The molecule has 0 saturated carbocycles. The molecule has 78 valence electrons. The molecule has 0 saturated heterocycles. The Hall–Kier alpha value is -1.34. The fourth-order valence-electron chi connectivity index (χ4n) is 1.03. The van der Waals surface area contributed by atoms with E-state index in [1.165, 1.54) is 0 Å². The second kappa shape index (κ2) is 5.52. The number of carbonyl (C=O) groups is 1. The van der Waals surface area contributed by atoms with Crippen molar-refractivity contribution in [1.29, 1.82) is 5.26 Å². The SMILES string of the molecule is CC(Br)CNC(=O)c1ccc(C#N)cc1. The van der Waals surface area contributed by atoms with Crippen LogP contribution in [0.3, 0.4) is 0 Å². The van der Waals surface area contributed by atoms with E-state index < -0.39 is 0 Å². The average Bonchev–Trinajstić information content (AvgIpc) is 2.26. The molecule has 0 spiro atoms. The first-order valence-corrected chi connectivity index (χ1v) is 5.47. The second-order valence-electron chi connectivity index (χ2n) is 3.18. The summed E-state index contributed by atoms with van der Waals surface area (Å²) >= 11 is 3.34. The first kappa shape index (κ1) is 11.7. The predicted molar refractivity (Wildman–Crippen MR) is 61.9 cm³/mol. The average molecular weight is 267 g/mol. The van der Waals surface area contributed by atoms with E-state index in [1.807, 2.05) is 13.0 Å². The van der Waals surface area contributed by atoms with Crippen molar-refractivity contribution in [1.82, 2.24) is 5.32 Å². The lowest BCUT2D eigenvalue weighted by molar-refractivity contribution is 0.0954. The summed E-state index contributed by atoms with van der Waals surface area (Å²) in [7, 11) is 0. The minimum absolute atomic E-state index is 0.120. The van der Waals surface area contributed by atoms with Crippen LogP contribution in [0.25, 0.3) is 0 Å². The number of carbonyl (C=O) groups excluding carboxylic acids is 1. The Kier molecular flexibility index (Phi) is 4.32. The van der Waals surface area contributed by atoms with Crippen molar-refractivity contribution in [3.05, 3.63) is 35.4 Å². The predicted octanol–water partition coefficient (Wildman–Crippen LogP) is 2.07. The van der Waals surface area contributed by atoms with Crippen molar-refractivity contribution in [3.8, 4) is 6.07 Å². The maximum atomic E-state index is 11.5. The summed E-state index contributed by atoms with van der Waals surface area (Å²) in [5, 5.41) is 11.4. The number of hydrogen-bond acceptors (Lipinski definition) is 2. The third kappa shape index (κ3) is 3.72. The van der Waals surface area contributed by atoms with Crippen molar-refractivity contribution in [2.45, 2.75) is 11.8 Å². The summed E-state index contributed by atoms with van der Waals surface area (Å²) in [5.74, 6) is -0.120. The third-order valence-electron chi connectivity index (χ3n) is 1.82. The van der Waals surface area contributed by atoms with Crippen molar-refractivity contribution in [2.24, 2.45) is 0 Å². The topological polar surface area (TPSA) is 52.9 Å². The molecule has 1 rings (SSSR count). The van der Waals surface area contributed by atoms with Crippen LogP contribution in [-0.4, -0.2) is 17.3 Å². The van der Waals surface area contributed by atoms with Crippen molar-refractivity contribution >= 4 is 21.8 Å². The van der Waals surface area contributed by atoms with Gasteiger partial charge in [-0.2, -0.15) is 5.26 Å². The van der Waals surface area contributed by atoms with Crippen molar-refractivity contribution in [3.63, 3.8) is 0 Å². The largest absolute Gasteiger partial charge is 0.351 e. The van der Waals surface area contributed by atoms with E-state index in [-0.39, 0.29) is 10.7 Å². The van der Waals surface area contributed by atoms with Crippen LogP contribution in [0.5, 0.6) is 0 Å². The molecule has 1 amide bonds. The zero-order valence-corrected chi connectivity index (χ0v) is 9.91. The fraction of sp³-hybridized carbons (Fsp3) is 0.273. The van der Waals surface area contributed by atoms with Gasteiger partial charge in [0, 0.05) is 16.9 Å². The molecular weight excluding hydrogens is 256 g/mol. The number of nitrogens with one attached hydrogen (secondary N) is 1. The Labute approximate surface area is 97.2 Å². The molecule has 0 aliphatic heterocycles. The van der Waals surface area contributed by atoms with E-state index in [0.717, 1.165) is 0 Å². The molecule has 1 aromatic carbocycles. The molecule has 1 atom stereocenters. The van der Waals surface area contributed by atoms with Crippen LogP contribution in [0.4, 0.5) is 0 Å². The summed E-state index contributed by atoms with van der Waals surface area (Å²) in [6.07, 6.45) is 0. The van der Waals surface area contributed by atoms with Gasteiger partial charge >= 0.3 is 0 Å². The zero-order valence-electron chi connectivity index (χ0n) is 8.33. The number of rotatable bonds is 3. The molecule has 1 N–H and O–H groups in total. The fourth-order valence-corrected chi connectivity index (χ4v) is 1.19. The van der Waals surface area contributed by atoms with Crippen LogP contribution in [0.15, 0.2) is 24.3 Å². The second-order valence-corrected chi connectivity index (χ2v) is 4.74. The first-order chi connectivity index (χ1) is 7.13. The third-order valence-corrected chi connectivity index (χ3v) is 2.14. The van der Waals surface area contributed by atoms with Crippen LogP contribution in [0.2, 0.25) is 0 Å². The quantitative estimate of drug-likeness (QED) is 0.852. The van der Waals surface area contributed by atoms with Crippen molar-refractivity contribution in [2.75, 3.05) is 6.54 Å². The van der Waals surface area contributed by atoms with Crippen LogP contribution >= 0.6 is 15.9 Å². The Morgan fingerprint density at radius 2 is 2.13 bits per heavy atom. The van der Waals surface area contributed by atoms with Crippen LogP contribution in [0, 0.1) is 11.3 Å². The molecular formula is C11H11BrN2O. The summed E-state index contributed by atoms with van der Waals surface area (Å²) in [6.45, 7) is 2.54. The highest BCUT2D eigenvalue weighted by atomic mass is 79.9. The molecule has 0 bridgehead atoms. The monoisotopic (exact) mass is 266 g/mol. The van der Waals surface area contributed by atoms with Gasteiger partial charge < -0.3 is 5.32 Å². The summed E-state index contributed by atoms with van der Waals surface area (Å²) in [4.78, 5) is 11.8. The highest BCUT2D eigenvalue weighted by Crippen LogP contribution is 2.03. The van der Waals surface area contributed by atoms with E-state index in [4.69, 9.17) is 5.26 Å². The Bertz CT molecular complexity index is 379. The van der Waals surface area contributed by atoms with Gasteiger partial charge in [0.25, 0.3) is 5.91 Å². The van der Waals surface area contributed by atoms with Crippen LogP contribution in [0.1, 0.15) is 22.8 Å². The van der Waals surface area contributed by atoms with Crippen molar-refractivity contribution < 1.29 is 4.79 Å². The maximum Gasteiger partial charge on any atom is 0.251 e. The Balaban J connectivity index is 2.63. The highest BCUT2D eigenvalue weighted by Gasteiger charge is 2.05. The summed E-state index contributed by atoms with van der Waals surface area (Å²) in [6, 6.07) is 8.56. The normalized spacial score (nSPS) is 11.5. The van der Waals surface area contributed by atoms with Gasteiger partial charge in [-0.25, -0.2) is 0 Å². The molecule has 15 heavy (non-hydrogen) atoms. The lowest BCUT2D eigenvalue weighted by Crippen LogP contribution is -2.28. The molecule has 1 unspecified atom stereocenters. The molecule has 0 radical (unpaired) electrons. The lowest BCUT2D eigenvalue weighted by atomic mass is 10.1. The standard InChI is InChI=1S/C11H11BrN2O/c1-8(12)7-14-11(15)10-4-2-9(6-13)3-5-10/h2-5,8H,7H2,1H3,(H,14,15). The van der Waals surface area contributed by atoms with E-state index in [2.05, 4.69) is 21.2 Å². The highest BCUT2D eigenvalue weighted by molar-refractivity contribution is 9.09. The van der Waals surface area contributed by atoms with Gasteiger partial charge in [-0.1, -0.05) is 22.9 Å². The number of alkyl halides is 1.